The van der Waals surface area contributed by atoms with Gasteiger partial charge < -0.3 is 10.3 Å². The molecule has 2 saturated carbocycles. The maximum atomic E-state index is 6.22. The molecule has 0 saturated heterocycles. The highest BCUT2D eigenvalue weighted by Gasteiger charge is 2.32. The molecule has 2 N–H and O–H groups in total. The summed E-state index contributed by atoms with van der Waals surface area (Å²) in [6.45, 7) is 2.15. The summed E-state index contributed by atoms with van der Waals surface area (Å²) in [5.74, 6) is 2.93. The van der Waals surface area contributed by atoms with Gasteiger partial charge in [0.05, 0.1) is 5.69 Å². The average Bonchev–Trinajstić information content (AvgIpc) is 2.87. The Bertz CT molecular complexity index is 384. The summed E-state index contributed by atoms with van der Waals surface area (Å²) in [5.41, 5.74) is 7.34. The van der Waals surface area contributed by atoms with Gasteiger partial charge in [0.1, 0.15) is 11.6 Å². The molecule has 0 spiro atoms. The summed E-state index contributed by atoms with van der Waals surface area (Å²) in [6, 6.07) is 0.670. The summed E-state index contributed by atoms with van der Waals surface area (Å²) in [6.07, 6.45) is 8.91. The van der Waals surface area contributed by atoms with E-state index in [9.17, 15) is 0 Å². The topological polar surface area (TPSA) is 43.8 Å². The minimum atomic E-state index is 0.670. The first-order chi connectivity index (χ1) is 7.81. The zero-order valence-electron chi connectivity index (χ0n) is 10.1. The number of hydrogen-bond donors (Lipinski definition) is 1. The van der Waals surface area contributed by atoms with Crippen molar-refractivity contribution in [3.8, 4) is 0 Å². The van der Waals surface area contributed by atoms with Gasteiger partial charge in [-0.2, -0.15) is 0 Å². The van der Waals surface area contributed by atoms with E-state index in [1.807, 2.05) is 0 Å². The van der Waals surface area contributed by atoms with E-state index in [0.29, 0.717) is 12.0 Å². The van der Waals surface area contributed by atoms with Crippen LogP contribution >= 0.6 is 0 Å². The van der Waals surface area contributed by atoms with Crippen LogP contribution in [-0.2, 0) is 6.42 Å². The first-order valence-corrected chi connectivity index (χ1v) is 6.67. The third kappa shape index (κ3) is 1.53. The van der Waals surface area contributed by atoms with Crippen molar-refractivity contribution in [3.63, 3.8) is 0 Å². The van der Waals surface area contributed by atoms with Gasteiger partial charge in [0, 0.05) is 12.0 Å². The zero-order valence-corrected chi connectivity index (χ0v) is 10.1. The average molecular weight is 219 g/mol. The van der Waals surface area contributed by atoms with Gasteiger partial charge in [-0.25, -0.2) is 4.98 Å². The van der Waals surface area contributed by atoms with Crippen LogP contribution in [-0.4, -0.2) is 9.55 Å². The summed E-state index contributed by atoms with van der Waals surface area (Å²) >= 11 is 0. The Morgan fingerprint density at radius 2 is 1.94 bits per heavy atom. The highest BCUT2D eigenvalue weighted by atomic mass is 15.2. The molecule has 1 aromatic rings. The molecule has 0 radical (unpaired) electrons. The van der Waals surface area contributed by atoms with E-state index in [2.05, 4.69) is 11.5 Å². The summed E-state index contributed by atoms with van der Waals surface area (Å²) in [4.78, 5) is 4.81. The fourth-order valence-corrected chi connectivity index (χ4v) is 2.96. The molecule has 0 bridgehead atoms. The molecule has 0 amide bonds. The number of nitrogens with two attached hydrogens (primary N) is 1. The van der Waals surface area contributed by atoms with Crippen LogP contribution in [0.4, 0.5) is 5.82 Å². The van der Waals surface area contributed by atoms with E-state index in [0.717, 1.165) is 17.9 Å². The lowest BCUT2D eigenvalue weighted by Crippen LogP contribution is -2.08. The zero-order chi connectivity index (χ0) is 11.1. The molecule has 2 aliphatic rings. The summed E-state index contributed by atoms with van der Waals surface area (Å²) in [5, 5.41) is 0. The number of rotatable bonds is 3. The van der Waals surface area contributed by atoms with Crippen molar-refractivity contribution in [1.29, 1.82) is 0 Å². The molecular formula is C13H21N3. The highest BCUT2D eigenvalue weighted by Crippen LogP contribution is 2.43. The quantitative estimate of drug-likeness (QED) is 0.849. The molecule has 16 heavy (non-hydrogen) atoms. The van der Waals surface area contributed by atoms with Gasteiger partial charge in [0.25, 0.3) is 0 Å². The van der Waals surface area contributed by atoms with Crippen LogP contribution in [0.3, 0.4) is 0 Å². The third-order valence-corrected chi connectivity index (χ3v) is 4.02. The van der Waals surface area contributed by atoms with Crippen molar-refractivity contribution in [2.75, 3.05) is 5.73 Å². The number of anilines is 1. The Morgan fingerprint density at radius 3 is 2.50 bits per heavy atom. The first kappa shape index (κ1) is 10.2. The fourth-order valence-electron chi connectivity index (χ4n) is 2.96. The molecule has 3 rings (SSSR count). The minimum absolute atomic E-state index is 0.670. The second kappa shape index (κ2) is 3.79. The minimum Gasteiger partial charge on any atom is -0.384 e. The van der Waals surface area contributed by atoms with E-state index in [1.54, 1.807) is 0 Å². The van der Waals surface area contributed by atoms with Gasteiger partial charge >= 0.3 is 0 Å². The Balaban J connectivity index is 2.00. The molecule has 2 aliphatic carbocycles. The second-order valence-electron chi connectivity index (χ2n) is 5.24. The van der Waals surface area contributed by atoms with Crippen LogP contribution in [0.5, 0.6) is 0 Å². The first-order valence-electron chi connectivity index (χ1n) is 6.67. The second-order valence-corrected chi connectivity index (χ2v) is 5.24. The Hall–Kier alpha value is -0.990. The predicted molar refractivity (Wildman–Crippen MR) is 65.5 cm³/mol. The molecule has 0 atom stereocenters. The van der Waals surface area contributed by atoms with Gasteiger partial charge in [0.2, 0.25) is 0 Å². The van der Waals surface area contributed by atoms with Crippen molar-refractivity contribution in [1.82, 2.24) is 9.55 Å². The largest absolute Gasteiger partial charge is 0.384 e. The monoisotopic (exact) mass is 219 g/mol. The van der Waals surface area contributed by atoms with E-state index in [-0.39, 0.29) is 0 Å². The van der Waals surface area contributed by atoms with Crippen LogP contribution in [0.15, 0.2) is 0 Å². The number of nitrogen functional groups attached to an aromatic ring is 1. The van der Waals surface area contributed by atoms with Crippen LogP contribution in [0, 0.1) is 0 Å². The number of aryl methyl sites for hydroxylation is 1. The Labute approximate surface area is 97.0 Å². The Morgan fingerprint density at radius 1 is 1.25 bits per heavy atom. The lowest BCUT2D eigenvalue weighted by Gasteiger charge is -2.12. The van der Waals surface area contributed by atoms with Crippen molar-refractivity contribution in [3.05, 3.63) is 11.5 Å². The predicted octanol–water partition coefficient (Wildman–Crippen LogP) is 3.02. The molecule has 1 aromatic heterocycles. The molecular weight excluding hydrogens is 198 g/mol. The number of hydrogen-bond acceptors (Lipinski definition) is 2. The van der Waals surface area contributed by atoms with Gasteiger partial charge in [-0.3, -0.25) is 0 Å². The lowest BCUT2D eigenvalue weighted by molar-refractivity contribution is 0.596. The van der Waals surface area contributed by atoms with Crippen molar-refractivity contribution in [2.45, 2.75) is 63.8 Å². The van der Waals surface area contributed by atoms with E-state index in [1.165, 1.54) is 44.3 Å². The van der Waals surface area contributed by atoms with Crippen LogP contribution < -0.4 is 5.73 Å². The maximum absolute atomic E-state index is 6.22. The van der Waals surface area contributed by atoms with E-state index < -0.39 is 0 Å². The normalized spacial score (nSPS) is 21.8. The Kier molecular flexibility index (Phi) is 2.41. The third-order valence-electron chi connectivity index (χ3n) is 4.02. The van der Waals surface area contributed by atoms with Crippen LogP contribution in [0.2, 0.25) is 0 Å². The lowest BCUT2D eigenvalue weighted by atomic mass is 10.1. The molecule has 3 nitrogen and oxygen atoms in total. The van der Waals surface area contributed by atoms with Gasteiger partial charge in [0.15, 0.2) is 0 Å². The van der Waals surface area contributed by atoms with Gasteiger partial charge in [-0.15, -0.1) is 0 Å². The van der Waals surface area contributed by atoms with E-state index >= 15 is 0 Å². The SMILES string of the molecule is CCc1nc(C2CCCC2)n(C2CC2)c1N. The van der Waals surface area contributed by atoms with Gasteiger partial charge in [-0.1, -0.05) is 19.8 Å². The number of aromatic nitrogens is 2. The molecule has 2 fully saturated rings. The molecule has 88 valence electrons. The highest BCUT2D eigenvalue weighted by molar-refractivity contribution is 5.40. The van der Waals surface area contributed by atoms with Gasteiger partial charge in [-0.05, 0) is 32.1 Å². The molecule has 0 unspecified atom stereocenters. The van der Waals surface area contributed by atoms with E-state index in [4.69, 9.17) is 10.7 Å². The maximum Gasteiger partial charge on any atom is 0.127 e. The standard InChI is InChI=1S/C13H21N3/c1-2-11-12(14)16(10-7-8-10)13(15-11)9-5-3-4-6-9/h9-10H,2-8,14H2,1H3. The van der Waals surface area contributed by atoms with Crippen molar-refractivity contribution in [2.24, 2.45) is 0 Å². The smallest absolute Gasteiger partial charge is 0.127 e. The summed E-state index contributed by atoms with van der Waals surface area (Å²) in [7, 11) is 0. The fraction of sp³-hybridized carbons (Fsp3) is 0.769. The number of nitrogens with zero attached hydrogens (tertiary/aromatic N) is 2. The number of imidazole rings is 1. The van der Waals surface area contributed by atoms with Crippen molar-refractivity contribution >= 4 is 5.82 Å². The van der Waals surface area contributed by atoms with Crippen molar-refractivity contribution < 1.29 is 0 Å². The molecule has 0 aliphatic heterocycles. The van der Waals surface area contributed by atoms with Crippen LogP contribution in [0.25, 0.3) is 0 Å². The molecule has 1 heterocycles. The molecule has 3 heteroatoms. The summed E-state index contributed by atoms with van der Waals surface area (Å²) < 4.78 is 2.36. The molecule has 0 aromatic carbocycles. The van der Waals surface area contributed by atoms with Crippen LogP contribution in [0.1, 0.15) is 68.9 Å².